The molecule has 0 spiro atoms. The largest absolute Gasteiger partial charge is 0.416 e. The number of pyridine rings is 2. The summed E-state index contributed by atoms with van der Waals surface area (Å²) in [6.07, 6.45) is -2.93. The molecular weight excluding hydrogens is 447 g/mol. The van der Waals surface area contributed by atoms with E-state index in [9.17, 15) is 18.0 Å². The molecule has 1 saturated heterocycles. The van der Waals surface area contributed by atoms with Crippen molar-refractivity contribution in [1.82, 2.24) is 9.97 Å². The number of anilines is 3. The molecule has 0 unspecified atom stereocenters. The zero-order chi connectivity index (χ0) is 23.7. The SMILES string of the molecule is O=C(Nc1cccc(N2CCCOC2)n1)N1CCc2ccc(-c3cccc(C(F)(F)F)c3)nc21. The molecule has 34 heavy (non-hydrogen) atoms. The Bertz CT molecular complexity index is 1210. The average Bonchev–Trinajstić information content (AvgIpc) is 3.28. The third kappa shape index (κ3) is 4.54. The summed E-state index contributed by atoms with van der Waals surface area (Å²) in [6.45, 7) is 2.41. The second-order valence-corrected chi connectivity index (χ2v) is 8.12. The number of amides is 2. The maximum atomic E-state index is 13.1. The molecule has 3 aromatic rings. The Morgan fingerprint density at radius 3 is 2.68 bits per heavy atom. The van der Waals surface area contributed by atoms with Crippen LogP contribution in [-0.4, -0.2) is 42.4 Å². The number of aromatic nitrogens is 2. The van der Waals surface area contributed by atoms with Crippen molar-refractivity contribution in [1.29, 1.82) is 0 Å². The predicted octanol–water partition coefficient (Wildman–Crippen LogP) is 4.94. The van der Waals surface area contributed by atoms with Crippen molar-refractivity contribution in [3.05, 3.63) is 65.7 Å². The molecule has 2 aromatic heterocycles. The third-order valence-electron chi connectivity index (χ3n) is 5.80. The Morgan fingerprint density at radius 1 is 1.03 bits per heavy atom. The number of carbonyl (C=O) groups is 1. The molecule has 0 atom stereocenters. The fourth-order valence-corrected chi connectivity index (χ4v) is 4.08. The highest BCUT2D eigenvalue weighted by atomic mass is 19.4. The Balaban J connectivity index is 1.36. The third-order valence-corrected chi connectivity index (χ3v) is 5.80. The number of benzene rings is 1. The summed E-state index contributed by atoms with van der Waals surface area (Å²) in [7, 11) is 0. The molecule has 7 nitrogen and oxygen atoms in total. The van der Waals surface area contributed by atoms with Gasteiger partial charge in [0.25, 0.3) is 0 Å². The van der Waals surface area contributed by atoms with Crippen molar-refractivity contribution < 1.29 is 22.7 Å². The minimum absolute atomic E-state index is 0.336. The standard InChI is InChI=1S/C24H22F3N5O2/c25-24(26,27)18-5-1-4-17(14-18)19-9-8-16-10-12-32(22(16)28-19)23(33)30-20-6-2-7-21(29-20)31-11-3-13-34-15-31/h1-2,4-9,14H,3,10-13,15H2,(H,29,30,33). The molecule has 176 valence electrons. The van der Waals surface area contributed by atoms with Crippen LogP contribution in [0.2, 0.25) is 0 Å². The van der Waals surface area contributed by atoms with Crippen LogP contribution in [-0.2, 0) is 17.3 Å². The lowest BCUT2D eigenvalue weighted by molar-refractivity contribution is -0.137. The number of halogens is 3. The number of ether oxygens (including phenoxy) is 1. The van der Waals surface area contributed by atoms with Crippen molar-refractivity contribution in [2.45, 2.75) is 19.0 Å². The summed E-state index contributed by atoms with van der Waals surface area (Å²) in [5, 5.41) is 2.81. The molecule has 0 radical (unpaired) electrons. The maximum Gasteiger partial charge on any atom is 0.416 e. The summed E-state index contributed by atoms with van der Waals surface area (Å²) in [4.78, 5) is 25.6. The quantitative estimate of drug-likeness (QED) is 0.588. The number of hydrogen-bond donors (Lipinski definition) is 1. The predicted molar refractivity (Wildman–Crippen MR) is 122 cm³/mol. The van der Waals surface area contributed by atoms with Gasteiger partial charge in [0.05, 0.1) is 17.9 Å². The number of fused-ring (bicyclic) bond motifs is 1. The van der Waals surface area contributed by atoms with Gasteiger partial charge in [0.15, 0.2) is 0 Å². The molecule has 2 aliphatic rings. The second kappa shape index (κ2) is 8.94. The van der Waals surface area contributed by atoms with Gasteiger partial charge in [-0.3, -0.25) is 10.2 Å². The van der Waals surface area contributed by atoms with Crippen LogP contribution >= 0.6 is 0 Å². The Morgan fingerprint density at radius 2 is 1.88 bits per heavy atom. The molecule has 2 amide bonds. The fourth-order valence-electron chi connectivity index (χ4n) is 4.08. The van der Waals surface area contributed by atoms with Gasteiger partial charge in [-0.15, -0.1) is 0 Å². The van der Waals surface area contributed by atoms with Gasteiger partial charge < -0.3 is 9.64 Å². The lowest BCUT2D eigenvalue weighted by Gasteiger charge is -2.28. The van der Waals surface area contributed by atoms with Crippen LogP contribution in [0, 0.1) is 0 Å². The van der Waals surface area contributed by atoms with E-state index in [-0.39, 0.29) is 0 Å². The van der Waals surface area contributed by atoms with E-state index in [1.807, 2.05) is 17.0 Å². The number of hydrogen-bond acceptors (Lipinski definition) is 5. The van der Waals surface area contributed by atoms with Crippen LogP contribution in [0.5, 0.6) is 0 Å². The number of nitrogens with one attached hydrogen (secondary N) is 1. The number of alkyl halides is 3. The van der Waals surface area contributed by atoms with E-state index >= 15 is 0 Å². The van der Waals surface area contributed by atoms with Crippen LogP contribution in [0.25, 0.3) is 11.3 Å². The second-order valence-electron chi connectivity index (χ2n) is 8.12. The van der Waals surface area contributed by atoms with Gasteiger partial charge in [-0.1, -0.05) is 24.3 Å². The molecule has 1 N–H and O–H groups in total. The summed E-state index contributed by atoms with van der Waals surface area (Å²) < 4.78 is 44.9. The van der Waals surface area contributed by atoms with E-state index in [1.165, 1.54) is 11.0 Å². The number of rotatable bonds is 3. The number of nitrogens with zero attached hydrogens (tertiary/aromatic N) is 4. The molecule has 5 rings (SSSR count). The topological polar surface area (TPSA) is 70.6 Å². The highest BCUT2D eigenvalue weighted by molar-refractivity contribution is 6.02. The highest BCUT2D eigenvalue weighted by Crippen LogP contribution is 2.34. The summed E-state index contributed by atoms with van der Waals surface area (Å²) in [5.74, 6) is 1.55. The first-order valence-corrected chi connectivity index (χ1v) is 10.9. The molecule has 1 aromatic carbocycles. The minimum atomic E-state index is -4.44. The van der Waals surface area contributed by atoms with E-state index in [0.717, 1.165) is 37.3 Å². The van der Waals surface area contributed by atoms with Gasteiger partial charge >= 0.3 is 12.2 Å². The molecule has 2 aliphatic heterocycles. The van der Waals surface area contributed by atoms with Crippen LogP contribution < -0.4 is 15.1 Å². The zero-order valence-electron chi connectivity index (χ0n) is 18.2. The average molecular weight is 469 g/mol. The van der Waals surface area contributed by atoms with Crippen molar-refractivity contribution in [2.24, 2.45) is 0 Å². The van der Waals surface area contributed by atoms with E-state index < -0.39 is 17.8 Å². The molecule has 10 heteroatoms. The van der Waals surface area contributed by atoms with Crippen LogP contribution in [0.3, 0.4) is 0 Å². The molecule has 0 aliphatic carbocycles. The number of carbonyl (C=O) groups excluding carboxylic acids is 1. The van der Waals surface area contributed by atoms with Gasteiger partial charge in [-0.25, -0.2) is 14.8 Å². The minimum Gasteiger partial charge on any atom is -0.361 e. The molecule has 1 fully saturated rings. The molecule has 4 heterocycles. The summed E-state index contributed by atoms with van der Waals surface area (Å²) in [6, 6.07) is 13.5. The van der Waals surface area contributed by atoms with E-state index in [2.05, 4.69) is 15.3 Å². The summed E-state index contributed by atoms with van der Waals surface area (Å²) in [5.41, 5.74) is 0.822. The van der Waals surface area contributed by atoms with Gasteiger partial charge in [-0.2, -0.15) is 13.2 Å². The van der Waals surface area contributed by atoms with Gasteiger partial charge in [0.2, 0.25) is 0 Å². The summed E-state index contributed by atoms with van der Waals surface area (Å²) >= 11 is 0. The zero-order valence-corrected chi connectivity index (χ0v) is 18.2. The van der Waals surface area contributed by atoms with Crippen molar-refractivity contribution in [3.63, 3.8) is 0 Å². The van der Waals surface area contributed by atoms with Crippen molar-refractivity contribution >= 4 is 23.5 Å². The number of urea groups is 1. The Labute approximate surface area is 194 Å². The van der Waals surface area contributed by atoms with E-state index in [1.54, 1.807) is 24.3 Å². The molecule has 0 saturated carbocycles. The highest BCUT2D eigenvalue weighted by Gasteiger charge is 2.31. The van der Waals surface area contributed by atoms with Gasteiger partial charge in [0.1, 0.15) is 24.2 Å². The van der Waals surface area contributed by atoms with Crippen LogP contribution in [0.4, 0.5) is 35.4 Å². The monoisotopic (exact) mass is 469 g/mol. The van der Waals surface area contributed by atoms with Gasteiger partial charge in [0, 0.05) is 18.7 Å². The van der Waals surface area contributed by atoms with E-state index in [0.29, 0.717) is 48.4 Å². The first kappa shape index (κ1) is 22.1. The lowest BCUT2D eigenvalue weighted by Crippen LogP contribution is -2.35. The first-order valence-electron chi connectivity index (χ1n) is 10.9. The lowest BCUT2D eigenvalue weighted by atomic mass is 10.1. The smallest absolute Gasteiger partial charge is 0.361 e. The van der Waals surface area contributed by atoms with Crippen LogP contribution in [0.1, 0.15) is 17.5 Å². The molecular formula is C24H22F3N5O2. The normalized spacial score (nSPS) is 15.9. The maximum absolute atomic E-state index is 13.1. The van der Waals surface area contributed by atoms with Crippen molar-refractivity contribution in [3.8, 4) is 11.3 Å². The Kier molecular flexibility index (Phi) is 5.82. The van der Waals surface area contributed by atoms with Gasteiger partial charge in [-0.05, 0) is 48.7 Å². The van der Waals surface area contributed by atoms with E-state index in [4.69, 9.17) is 4.74 Å². The fraction of sp³-hybridized carbons (Fsp3) is 0.292. The van der Waals surface area contributed by atoms with Crippen molar-refractivity contribution in [2.75, 3.05) is 41.5 Å². The molecule has 0 bridgehead atoms. The van der Waals surface area contributed by atoms with Crippen LogP contribution in [0.15, 0.2) is 54.6 Å². The Hall–Kier alpha value is -3.66. The first-order chi connectivity index (χ1) is 16.4.